The van der Waals surface area contributed by atoms with Gasteiger partial charge in [-0.05, 0) is 31.0 Å². The van der Waals surface area contributed by atoms with Gasteiger partial charge in [0.25, 0.3) is 0 Å². The van der Waals surface area contributed by atoms with Gasteiger partial charge in [0.1, 0.15) is 5.75 Å². The molecule has 1 heterocycles. The van der Waals surface area contributed by atoms with Crippen molar-refractivity contribution >= 4 is 0 Å². The normalized spacial score (nSPS) is 17.1. The van der Waals surface area contributed by atoms with Crippen molar-refractivity contribution in [3.63, 3.8) is 0 Å². The third kappa shape index (κ3) is 1.59. The molecule has 2 nitrogen and oxygen atoms in total. The fraction of sp³-hybridized carbons (Fsp3) is 0.400. The van der Waals surface area contributed by atoms with Gasteiger partial charge in [0.2, 0.25) is 0 Å². The Bertz CT molecular complexity index is 268. The summed E-state index contributed by atoms with van der Waals surface area (Å²) in [5.74, 6) is 0.953. The fourth-order valence-electron chi connectivity index (χ4n) is 1.20. The Morgan fingerprint density at radius 3 is 2.75 bits per heavy atom. The molecular weight excluding hydrogens is 150 g/mol. The van der Waals surface area contributed by atoms with Gasteiger partial charge >= 0.3 is 0 Å². The molecule has 1 saturated heterocycles. The lowest BCUT2D eigenvalue weighted by molar-refractivity contribution is -0.107. The zero-order valence-corrected chi connectivity index (χ0v) is 7.29. The molecular formula is C10H13NO. The Balaban J connectivity index is 2.02. The highest BCUT2D eigenvalue weighted by Gasteiger charge is 2.15. The minimum atomic E-state index is 0.953. The molecule has 2 heteroatoms. The number of hydrogen-bond acceptors (Lipinski definition) is 2. The van der Waals surface area contributed by atoms with Crippen LogP contribution in [0.25, 0.3) is 0 Å². The molecule has 1 aliphatic heterocycles. The van der Waals surface area contributed by atoms with Crippen LogP contribution in [0.5, 0.6) is 5.75 Å². The molecule has 1 fully saturated rings. The summed E-state index contributed by atoms with van der Waals surface area (Å²) < 4.78 is 0. The van der Waals surface area contributed by atoms with E-state index in [9.17, 15) is 0 Å². The second-order valence-corrected chi connectivity index (χ2v) is 3.19. The summed E-state index contributed by atoms with van der Waals surface area (Å²) >= 11 is 0. The molecule has 0 amide bonds. The van der Waals surface area contributed by atoms with Crippen LogP contribution in [0.1, 0.15) is 12.0 Å². The van der Waals surface area contributed by atoms with E-state index in [1.807, 2.05) is 17.2 Å². The average Bonchev–Trinajstić information content (AvgIpc) is 1.97. The zero-order valence-electron chi connectivity index (χ0n) is 7.29. The average molecular weight is 163 g/mol. The third-order valence-electron chi connectivity index (χ3n) is 2.04. The maximum atomic E-state index is 5.56. The van der Waals surface area contributed by atoms with Crippen LogP contribution in [-0.4, -0.2) is 18.2 Å². The van der Waals surface area contributed by atoms with E-state index < -0.39 is 0 Å². The molecule has 0 unspecified atom stereocenters. The second kappa shape index (κ2) is 3.15. The first-order valence-corrected chi connectivity index (χ1v) is 4.34. The van der Waals surface area contributed by atoms with Crippen LogP contribution in [0.4, 0.5) is 0 Å². The largest absolute Gasteiger partial charge is 0.406 e. The summed E-state index contributed by atoms with van der Waals surface area (Å²) in [5.41, 5.74) is 1.24. The minimum Gasteiger partial charge on any atom is -0.406 e. The van der Waals surface area contributed by atoms with Gasteiger partial charge < -0.3 is 4.84 Å². The molecule has 0 aliphatic carbocycles. The molecule has 0 N–H and O–H groups in total. The van der Waals surface area contributed by atoms with Gasteiger partial charge in [-0.3, -0.25) is 0 Å². The molecule has 2 rings (SSSR count). The van der Waals surface area contributed by atoms with Crippen molar-refractivity contribution < 1.29 is 4.84 Å². The van der Waals surface area contributed by atoms with Crippen LogP contribution in [0.2, 0.25) is 0 Å². The van der Waals surface area contributed by atoms with Gasteiger partial charge in [-0.25, -0.2) is 0 Å². The summed E-state index contributed by atoms with van der Waals surface area (Å²) in [6.07, 6.45) is 1.26. The lowest BCUT2D eigenvalue weighted by atomic mass is 10.2. The van der Waals surface area contributed by atoms with Crippen LogP contribution >= 0.6 is 0 Å². The quantitative estimate of drug-likeness (QED) is 0.661. The van der Waals surface area contributed by atoms with Crippen LogP contribution in [0.15, 0.2) is 24.3 Å². The summed E-state index contributed by atoms with van der Waals surface area (Å²) in [4.78, 5) is 5.56. The number of hydrogen-bond donors (Lipinski definition) is 0. The standard InChI is InChI=1S/C10H13NO/c1-9-4-2-5-10(8-9)12-11-6-3-7-11/h2,4-5,8H,3,6-7H2,1H3. The zero-order chi connectivity index (χ0) is 8.39. The van der Waals surface area contributed by atoms with Crippen molar-refractivity contribution in [2.45, 2.75) is 13.3 Å². The van der Waals surface area contributed by atoms with Crippen molar-refractivity contribution in [3.8, 4) is 5.75 Å². The van der Waals surface area contributed by atoms with E-state index in [0.717, 1.165) is 18.8 Å². The van der Waals surface area contributed by atoms with E-state index >= 15 is 0 Å². The van der Waals surface area contributed by atoms with Gasteiger partial charge in [-0.1, -0.05) is 12.1 Å². The van der Waals surface area contributed by atoms with Crippen molar-refractivity contribution in [1.29, 1.82) is 0 Å². The molecule has 0 atom stereocenters. The first-order chi connectivity index (χ1) is 5.84. The fourth-order valence-corrected chi connectivity index (χ4v) is 1.20. The van der Waals surface area contributed by atoms with E-state index in [0.29, 0.717) is 0 Å². The number of nitrogens with zero attached hydrogens (tertiary/aromatic N) is 1. The Morgan fingerprint density at radius 2 is 2.17 bits per heavy atom. The Morgan fingerprint density at radius 1 is 1.33 bits per heavy atom. The van der Waals surface area contributed by atoms with Crippen LogP contribution in [0.3, 0.4) is 0 Å². The second-order valence-electron chi connectivity index (χ2n) is 3.19. The highest BCUT2D eigenvalue weighted by atomic mass is 16.7. The predicted octanol–water partition coefficient (Wildman–Crippen LogP) is 1.99. The minimum absolute atomic E-state index is 0.953. The maximum Gasteiger partial charge on any atom is 0.147 e. The molecule has 64 valence electrons. The molecule has 1 aliphatic rings. The molecule has 0 radical (unpaired) electrons. The molecule has 0 aromatic heterocycles. The summed E-state index contributed by atoms with van der Waals surface area (Å²) in [6.45, 7) is 4.20. The predicted molar refractivity (Wildman–Crippen MR) is 48.0 cm³/mol. The maximum absolute atomic E-state index is 5.56. The number of rotatable bonds is 2. The monoisotopic (exact) mass is 163 g/mol. The number of aryl methyl sites for hydroxylation is 1. The van der Waals surface area contributed by atoms with Gasteiger partial charge in [-0.2, -0.15) is 0 Å². The van der Waals surface area contributed by atoms with Crippen LogP contribution < -0.4 is 4.84 Å². The summed E-state index contributed by atoms with van der Waals surface area (Å²) in [7, 11) is 0. The highest BCUT2D eigenvalue weighted by Crippen LogP contribution is 2.16. The molecule has 1 aromatic rings. The van der Waals surface area contributed by atoms with E-state index in [1.165, 1.54) is 12.0 Å². The van der Waals surface area contributed by atoms with Gasteiger partial charge in [0.15, 0.2) is 0 Å². The molecule has 0 bridgehead atoms. The SMILES string of the molecule is Cc1cccc(ON2CCC2)c1. The summed E-state index contributed by atoms with van der Waals surface area (Å²) in [6, 6.07) is 8.14. The van der Waals surface area contributed by atoms with E-state index in [2.05, 4.69) is 19.1 Å². The van der Waals surface area contributed by atoms with Crippen LogP contribution in [0, 0.1) is 6.92 Å². The van der Waals surface area contributed by atoms with Crippen LogP contribution in [-0.2, 0) is 0 Å². The first kappa shape index (κ1) is 7.62. The van der Waals surface area contributed by atoms with Crippen molar-refractivity contribution in [1.82, 2.24) is 5.06 Å². The van der Waals surface area contributed by atoms with E-state index in [1.54, 1.807) is 0 Å². The highest BCUT2D eigenvalue weighted by molar-refractivity contribution is 5.27. The number of hydroxylamine groups is 2. The van der Waals surface area contributed by atoms with Crippen molar-refractivity contribution in [2.24, 2.45) is 0 Å². The van der Waals surface area contributed by atoms with Crippen molar-refractivity contribution in [3.05, 3.63) is 29.8 Å². The Hall–Kier alpha value is -1.02. The van der Waals surface area contributed by atoms with Crippen molar-refractivity contribution in [2.75, 3.05) is 13.1 Å². The lowest BCUT2D eigenvalue weighted by Crippen LogP contribution is -2.39. The Labute approximate surface area is 72.7 Å². The molecule has 0 saturated carbocycles. The molecule has 0 spiro atoms. The first-order valence-electron chi connectivity index (χ1n) is 4.34. The van der Waals surface area contributed by atoms with Gasteiger partial charge in [-0.15, -0.1) is 5.06 Å². The lowest BCUT2D eigenvalue weighted by Gasteiger charge is -2.29. The summed E-state index contributed by atoms with van der Waals surface area (Å²) in [5, 5.41) is 1.98. The third-order valence-corrected chi connectivity index (χ3v) is 2.04. The van der Waals surface area contributed by atoms with Gasteiger partial charge in [0, 0.05) is 13.1 Å². The number of benzene rings is 1. The van der Waals surface area contributed by atoms with Gasteiger partial charge in [0.05, 0.1) is 0 Å². The molecule has 12 heavy (non-hydrogen) atoms. The smallest absolute Gasteiger partial charge is 0.147 e. The van der Waals surface area contributed by atoms with E-state index in [4.69, 9.17) is 4.84 Å². The Kier molecular flexibility index (Phi) is 2.00. The molecule has 1 aromatic carbocycles. The topological polar surface area (TPSA) is 12.5 Å². The van der Waals surface area contributed by atoms with E-state index in [-0.39, 0.29) is 0 Å².